The molecule has 0 bridgehead atoms. The summed E-state index contributed by atoms with van der Waals surface area (Å²) < 4.78 is 26.3. The summed E-state index contributed by atoms with van der Waals surface area (Å²) in [6.45, 7) is 0.0248. The second kappa shape index (κ2) is 5.27. The number of anilines is 1. The maximum absolute atomic E-state index is 12.0. The van der Waals surface area contributed by atoms with Crippen LogP contribution < -0.4 is 10.5 Å². The zero-order valence-corrected chi connectivity index (χ0v) is 10.9. The molecule has 2 aromatic rings. The monoisotopic (exact) mass is 297 g/mol. The zero-order valence-electron chi connectivity index (χ0n) is 10.1. The van der Waals surface area contributed by atoms with Gasteiger partial charge >= 0.3 is 0 Å². The van der Waals surface area contributed by atoms with E-state index in [0.717, 1.165) is 6.07 Å². The van der Waals surface area contributed by atoms with E-state index in [1.54, 1.807) is 0 Å². The number of nitro groups is 1. The highest BCUT2D eigenvalue weighted by molar-refractivity contribution is 7.89. The van der Waals surface area contributed by atoms with Crippen molar-refractivity contribution in [2.24, 2.45) is 0 Å². The number of sulfonamides is 1. The lowest BCUT2D eigenvalue weighted by Gasteiger charge is -2.06. The molecule has 1 aromatic carbocycles. The molecule has 106 valence electrons. The minimum Gasteiger partial charge on any atom is -0.393 e. The average molecular weight is 297 g/mol. The van der Waals surface area contributed by atoms with Gasteiger partial charge in [0, 0.05) is 24.4 Å². The van der Waals surface area contributed by atoms with Crippen LogP contribution in [0.25, 0.3) is 0 Å². The van der Waals surface area contributed by atoms with E-state index in [2.05, 4.69) is 14.9 Å². The first kappa shape index (κ1) is 14.0. The number of hydrogen-bond acceptors (Lipinski definition) is 6. The summed E-state index contributed by atoms with van der Waals surface area (Å²) in [6, 6.07) is 3.32. The van der Waals surface area contributed by atoms with Crippen molar-refractivity contribution in [3.05, 3.63) is 46.3 Å². The Hall–Kier alpha value is -2.46. The Morgan fingerprint density at radius 1 is 1.45 bits per heavy atom. The van der Waals surface area contributed by atoms with E-state index in [9.17, 15) is 18.5 Å². The minimum absolute atomic E-state index is 0.0248. The van der Waals surface area contributed by atoms with Crippen molar-refractivity contribution in [3.63, 3.8) is 0 Å². The lowest BCUT2D eigenvalue weighted by Crippen LogP contribution is -2.23. The maximum Gasteiger partial charge on any atom is 0.293 e. The number of rotatable bonds is 5. The molecule has 0 saturated carbocycles. The molecule has 9 nitrogen and oxygen atoms in total. The third-order valence-corrected chi connectivity index (χ3v) is 3.93. The van der Waals surface area contributed by atoms with Crippen molar-refractivity contribution in [2.75, 3.05) is 5.73 Å². The van der Waals surface area contributed by atoms with Crippen molar-refractivity contribution in [2.45, 2.75) is 11.4 Å². The van der Waals surface area contributed by atoms with Crippen molar-refractivity contribution >= 4 is 21.4 Å². The summed E-state index contributed by atoms with van der Waals surface area (Å²) in [5.74, 6) is 0. The van der Waals surface area contributed by atoms with E-state index in [1.165, 1.54) is 24.5 Å². The van der Waals surface area contributed by atoms with Crippen LogP contribution in [0.15, 0.2) is 35.5 Å². The largest absolute Gasteiger partial charge is 0.393 e. The van der Waals surface area contributed by atoms with E-state index < -0.39 is 20.6 Å². The number of nitrogens with zero attached hydrogens (tertiary/aromatic N) is 2. The molecule has 0 amide bonds. The van der Waals surface area contributed by atoms with E-state index in [0.29, 0.717) is 5.56 Å². The summed E-state index contributed by atoms with van der Waals surface area (Å²) in [5.41, 5.74) is 5.51. The number of nitrogen functional groups attached to an aromatic ring is 1. The van der Waals surface area contributed by atoms with Crippen molar-refractivity contribution in [3.8, 4) is 0 Å². The van der Waals surface area contributed by atoms with Crippen molar-refractivity contribution in [1.29, 1.82) is 0 Å². The van der Waals surface area contributed by atoms with Gasteiger partial charge in [0.05, 0.1) is 16.0 Å². The molecule has 1 heterocycles. The first-order chi connectivity index (χ1) is 9.40. The summed E-state index contributed by atoms with van der Waals surface area (Å²) in [7, 11) is -3.86. The molecule has 1 aromatic heterocycles. The van der Waals surface area contributed by atoms with Crippen LogP contribution >= 0.6 is 0 Å². The Balaban J connectivity index is 2.25. The highest BCUT2D eigenvalue weighted by Gasteiger charge is 2.20. The molecule has 10 heteroatoms. The number of nitrogens with two attached hydrogens (primary N) is 1. The van der Waals surface area contributed by atoms with Crippen LogP contribution in [0, 0.1) is 10.1 Å². The standard InChI is InChI=1S/C10H11N5O4S/c11-9-2-1-8(3-10(9)15(16)17)20(18,19)14-6-7-4-12-13-5-7/h1-5,14H,6,11H2,(H,12,13). The van der Waals surface area contributed by atoms with Gasteiger partial charge in [-0.1, -0.05) is 0 Å². The van der Waals surface area contributed by atoms with Gasteiger partial charge in [-0.3, -0.25) is 15.2 Å². The Bertz CT molecular complexity index is 726. The first-order valence-corrected chi connectivity index (χ1v) is 6.90. The molecule has 0 aliphatic rings. The highest BCUT2D eigenvalue weighted by Crippen LogP contribution is 2.24. The van der Waals surface area contributed by atoms with E-state index in [1.807, 2.05) is 0 Å². The fraction of sp³-hybridized carbons (Fsp3) is 0.100. The van der Waals surface area contributed by atoms with Crippen molar-refractivity contribution in [1.82, 2.24) is 14.9 Å². The minimum atomic E-state index is -3.86. The van der Waals surface area contributed by atoms with Crippen LogP contribution in [0.2, 0.25) is 0 Å². The van der Waals surface area contributed by atoms with E-state index in [-0.39, 0.29) is 17.1 Å². The van der Waals surface area contributed by atoms with Crippen LogP contribution in [-0.4, -0.2) is 23.5 Å². The Kier molecular flexibility index (Phi) is 3.68. The summed E-state index contributed by atoms with van der Waals surface area (Å²) in [4.78, 5) is 9.79. The van der Waals surface area contributed by atoms with E-state index >= 15 is 0 Å². The van der Waals surface area contributed by atoms with Gasteiger partial charge in [0.15, 0.2) is 0 Å². The molecule has 0 aliphatic carbocycles. The van der Waals surface area contributed by atoms with Gasteiger partial charge in [0.2, 0.25) is 10.0 Å². The molecule has 20 heavy (non-hydrogen) atoms. The molecule has 0 saturated heterocycles. The normalized spacial score (nSPS) is 11.4. The number of nitrogens with one attached hydrogen (secondary N) is 2. The zero-order chi connectivity index (χ0) is 14.8. The third kappa shape index (κ3) is 2.92. The molecule has 0 spiro atoms. The highest BCUT2D eigenvalue weighted by atomic mass is 32.2. The molecule has 0 atom stereocenters. The molecule has 0 aliphatic heterocycles. The molecule has 2 rings (SSSR count). The summed E-state index contributed by atoms with van der Waals surface area (Å²) >= 11 is 0. The molecule has 0 unspecified atom stereocenters. The number of H-pyrrole nitrogens is 1. The fourth-order valence-electron chi connectivity index (χ4n) is 1.48. The second-order valence-electron chi connectivity index (χ2n) is 3.91. The smallest absolute Gasteiger partial charge is 0.293 e. The van der Waals surface area contributed by atoms with Crippen LogP contribution in [0.5, 0.6) is 0 Å². The summed E-state index contributed by atoms with van der Waals surface area (Å²) in [5, 5.41) is 17.0. The van der Waals surface area contributed by atoms with Gasteiger partial charge < -0.3 is 5.73 Å². The second-order valence-corrected chi connectivity index (χ2v) is 5.68. The molecular formula is C10H11N5O4S. The van der Waals surface area contributed by atoms with Gasteiger partial charge in [-0.05, 0) is 12.1 Å². The van der Waals surface area contributed by atoms with Crippen LogP contribution in [0.4, 0.5) is 11.4 Å². The van der Waals surface area contributed by atoms with Gasteiger partial charge in [-0.15, -0.1) is 0 Å². The Morgan fingerprint density at radius 3 is 2.80 bits per heavy atom. The molecule has 4 N–H and O–H groups in total. The van der Waals surface area contributed by atoms with Crippen LogP contribution in [0.1, 0.15) is 5.56 Å². The topological polar surface area (TPSA) is 144 Å². The number of aromatic nitrogens is 2. The predicted molar refractivity (Wildman–Crippen MR) is 70.1 cm³/mol. The lowest BCUT2D eigenvalue weighted by molar-refractivity contribution is -0.384. The third-order valence-electron chi connectivity index (χ3n) is 2.53. The molecular weight excluding hydrogens is 286 g/mol. The van der Waals surface area contributed by atoms with Crippen molar-refractivity contribution < 1.29 is 13.3 Å². The molecule has 0 fully saturated rings. The van der Waals surface area contributed by atoms with Crippen LogP contribution in [-0.2, 0) is 16.6 Å². The number of nitro benzene ring substituents is 1. The Labute approximate surface area is 114 Å². The summed E-state index contributed by atoms with van der Waals surface area (Å²) in [6.07, 6.45) is 3.00. The SMILES string of the molecule is Nc1ccc(S(=O)(=O)NCc2cn[nH]c2)cc1[N+](=O)[O-]. The quantitative estimate of drug-likeness (QED) is 0.413. The average Bonchev–Trinajstić information content (AvgIpc) is 2.89. The van der Waals surface area contributed by atoms with E-state index in [4.69, 9.17) is 5.73 Å². The number of aromatic amines is 1. The predicted octanol–water partition coefficient (Wildman–Crippen LogP) is 0.379. The van der Waals surface area contributed by atoms with Gasteiger partial charge in [0.1, 0.15) is 5.69 Å². The fourth-order valence-corrected chi connectivity index (χ4v) is 2.52. The van der Waals surface area contributed by atoms with Crippen LogP contribution in [0.3, 0.4) is 0 Å². The van der Waals surface area contributed by atoms with Gasteiger partial charge in [0.25, 0.3) is 5.69 Å². The molecule has 0 radical (unpaired) electrons. The number of hydrogen-bond donors (Lipinski definition) is 3. The lowest BCUT2D eigenvalue weighted by atomic mass is 10.3. The van der Waals surface area contributed by atoms with Gasteiger partial charge in [-0.25, -0.2) is 13.1 Å². The Morgan fingerprint density at radius 2 is 2.20 bits per heavy atom. The maximum atomic E-state index is 12.0. The van der Waals surface area contributed by atoms with Gasteiger partial charge in [-0.2, -0.15) is 5.10 Å². The first-order valence-electron chi connectivity index (χ1n) is 5.41. The number of benzene rings is 1.